The van der Waals surface area contributed by atoms with Crippen molar-refractivity contribution in [2.75, 3.05) is 13.1 Å². The van der Waals surface area contributed by atoms with Crippen LogP contribution in [0, 0.1) is 12.3 Å². The quantitative estimate of drug-likeness (QED) is 0.727. The van der Waals surface area contributed by atoms with Gasteiger partial charge in [0.05, 0.1) is 6.54 Å². The maximum absolute atomic E-state index is 12.1. The summed E-state index contributed by atoms with van der Waals surface area (Å²) in [5.41, 5.74) is 1.94. The molecule has 0 unspecified atom stereocenters. The lowest BCUT2D eigenvalue weighted by molar-refractivity contribution is 0.0785. The minimum atomic E-state index is 0.000700. The third-order valence-electron chi connectivity index (χ3n) is 2.78. The Morgan fingerprint density at radius 1 is 1.35 bits per heavy atom. The van der Waals surface area contributed by atoms with Crippen LogP contribution < -0.4 is 0 Å². The van der Waals surface area contributed by atoms with Gasteiger partial charge in [0.1, 0.15) is 0 Å². The van der Waals surface area contributed by atoms with Crippen molar-refractivity contribution in [2.45, 2.75) is 26.7 Å². The number of hydrogen-bond acceptors (Lipinski definition) is 1. The fraction of sp³-hybridized carbons (Fsp3) is 0.400. The van der Waals surface area contributed by atoms with Crippen LogP contribution in [0.25, 0.3) is 0 Å². The van der Waals surface area contributed by atoms with Gasteiger partial charge >= 0.3 is 0 Å². The Labute approximate surface area is 104 Å². The Morgan fingerprint density at radius 2 is 1.94 bits per heavy atom. The highest BCUT2D eigenvalue weighted by molar-refractivity contribution is 5.94. The van der Waals surface area contributed by atoms with Gasteiger partial charge in [0.25, 0.3) is 5.91 Å². The van der Waals surface area contributed by atoms with Crippen LogP contribution in [-0.4, -0.2) is 23.9 Å². The van der Waals surface area contributed by atoms with Crippen LogP contribution in [-0.2, 0) is 0 Å². The molecule has 0 N–H and O–H groups in total. The van der Waals surface area contributed by atoms with E-state index < -0.39 is 0 Å². The molecule has 2 nitrogen and oxygen atoms in total. The second-order valence-electron chi connectivity index (χ2n) is 4.30. The van der Waals surface area contributed by atoms with Crippen LogP contribution in [0.2, 0.25) is 0 Å². The number of carbonyl (C=O) groups is 1. The highest BCUT2D eigenvalue weighted by Crippen LogP contribution is 2.15. The summed E-state index contributed by atoms with van der Waals surface area (Å²) in [6, 6.07) is 7.75. The zero-order valence-electron chi connectivity index (χ0n) is 10.7. The monoisotopic (exact) mass is 229 g/mol. The zero-order chi connectivity index (χ0) is 12.8. The molecule has 0 fully saturated rings. The number of nitrogens with zero attached hydrogens (tertiary/aromatic N) is 1. The van der Waals surface area contributed by atoms with Crippen molar-refractivity contribution in [3.8, 4) is 12.3 Å². The normalized spacial score (nSPS) is 10.1. The minimum absolute atomic E-state index is 0.000700. The summed E-state index contributed by atoms with van der Waals surface area (Å²) < 4.78 is 0. The largest absolute Gasteiger partial charge is 0.328 e. The summed E-state index contributed by atoms with van der Waals surface area (Å²) in [6.45, 7) is 7.19. The lowest BCUT2D eigenvalue weighted by Gasteiger charge is -2.18. The summed E-state index contributed by atoms with van der Waals surface area (Å²) in [6.07, 6.45) is 5.24. The van der Waals surface area contributed by atoms with Crippen molar-refractivity contribution < 1.29 is 4.79 Å². The standard InChI is InChI=1S/C15H19NO/c1-5-11-16(6-2)15(17)14-9-7-13(8-10-14)12(3)4/h1,7-10,12H,6,11H2,2-4H3. The first-order valence-corrected chi connectivity index (χ1v) is 5.92. The average molecular weight is 229 g/mol. The van der Waals surface area contributed by atoms with E-state index in [2.05, 4.69) is 19.8 Å². The number of terminal acetylenes is 1. The molecule has 1 rings (SSSR count). The Kier molecular flexibility index (Phi) is 4.78. The van der Waals surface area contributed by atoms with Crippen molar-refractivity contribution in [2.24, 2.45) is 0 Å². The van der Waals surface area contributed by atoms with Gasteiger partial charge in [-0.15, -0.1) is 6.42 Å². The van der Waals surface area contributed by atoms with Crippen LogP contribution in [0.1, 0.15) is 42.6 Å². The maximum Gasteiger partial charge on any atom is 0.254 e. The molecule has 0 saturated carbocycles. The Hall–Kier alpha value is -1.75. The van der Waals surface area contributed by atoms with Gasteiger partial charge in [0.15, 0.2) is 0 Å². The molecule has 0 bridgehead atoms. The summed E-state index contributed by atoms with van der Waals surface area (Å²) >= 11 is 0. The fourth-order valence-corrected chi connectivity index (χ4v) is 1.63. The third-order valence-corrected chi connectivity index (χ3v) is 2.78. The maximum atomic E-state index is 12.1. The van der Waals surface area contributed by atoms with E-state index in [0.29, 0.717) is 24.6 Å². The van der Waals surface area contributed by atoms with Crippen molar-refractivity contribution in [1.29, 1.82) is 0 Å². The molecule has 2 heteroatoms. The second-order valence-corrected chi connectivity index (χ2v) is 4.30. The van der Waals surface area contributed by atoms with Crippen molar-refractivity contribution >= 4 is 5.91 Å². The SMILES string of the molecule is C#CCN(CC)C(=O)c1ccc(C(C)C)cc1. The van der Waals surface area contributed by atoms with Crippen molar-refractivity contribution in [3.63, 3.8) is 0 Å². The van der Waals surface area contributed by atoms with Crippen LogP contribution >= 0.6 is 0 Å². The average Bonchev–Trinajstić information content (AvgIpc) is 2.35. The van der Waals surface area contributed by atoms with E-state index in [1.807, 2.05) is 31.2 Å². The lowest BCUT2D eigenvalue weighted by atomic mass is 10.0. The molecule has 0 atom stereocenters. The molecular weight excluding hydrogens is 210 g/mol. The fourth-order valence-electron chi connectivity index (χ4n) is 1.63. The van der Waals surface area contributed by atoms with E-state index in [-0.39, 0.29) is 5.91 Å². The Balaban J connectivity index is 2.86. The van der Waals surface area contributed by atoms with E-state index in [0.717, 1.165) is 0 Å². The zero-order valence-corrected chi connectivity index (χ0v) is 10.7. The van der Waals surface area contributed by atoms with E-state index >= 15 is 0 Å². The number of carbonyl (C=O) groups excluding carboxylic acids is 1. The number of amides is 1. The highest BCUT2D eigenvalue weighted by atomic mass is 16.2. The van der Waals surface area contributed by atoms with Gasteiger partial charge in [-0.2, -0.15) is 0 Å². The van der Waals surface area contributed by atoms with E-state index in [1.54, 1.807) is 4.90 Å². The molecule has 0 radical (unpaired) electrons. The molecule has 1 amide bonds. The van der Waals surface area contributed by atoms with E-state index in [9.17, 15) is 4.79 Å². The Bertz CT molecular complexity index is 412. The van der Waals surface area contributed by atoms with Gasteiger partial charge in [-0.3, -0.25) is 4.79 Å². The van der Waals surface area contributed by atoms with Crippen LogP contribution in [0.5, 0.6) is 0 Å². The van der Waals surface area contributed by atoms with Gasteiger partial charge in [-0.1, -0.05) is 31.9 Å². The molecular formula is C15H19NO. The molecule has 0 aliphatic heterocycles. The van der Waals surface area contributed by atoms with Gasteiger partial charge < -0.3 is 4.90 Å². The molecule has 0 aromatic heterocycles. The van der Waals surface area contributed by atoms with Gasteiger partial charge in [0.2, 0.25) is 0 Å². The first-order chi connectivity index (χ1) is 8.10. The Morgan fingerprint density at radius 3 is 2.35 bits per heavy atom. The van der Waals surface area contributed by atoms with Gasteiger partial charge in [-0.05, 0) is 30.5 Å². The molecule has 1 aromatic rings. The minimum Gasteiger partial charge on any atom is -0.328 e. The van der Waals surface area contributed by atoms with Crippen LogP contribution in [0.3, 0.4) is 0 Å². The molecule has 0 aliphatic rings. The summed E-state index contributed by atoms with van der Waals surface area (Å²) in [4.78, 5) is 13.7. The molecule has 0 heterocycles. The molecule has 0 spiro atoms. The number of rotatable bonds is 4. The summed E-state index contributed by atoms with van der Waals surface area (Å²) in [5.74, 6) is 2.98. The van der Waals surface area contributed by atoms with E-state index in [4.69, 9.17) is 6.42 Å². The highest BCUT2D eigenvalue weighted by Gasteiger charge is 2.12. The predicted molar refractivity (Wildman–Crippen MR) is 70.9 cm³/mol. The molecule has 17 heavy (non-hydrogen) atoms. The topological polar surface area (TPSA) is 20.3 Å². The van der Waals surface area contributed by atoms with E-state index in [1.165, 1.54) is 5.56 Å². The molecule has 1 aromatic carbocycles. The first kappa shape index (κ1) is 13.3. The van der Waals surface area contributed by atoms with Crippen LogP contribution in [0.4, 0.5) is 0 Å². The second kappa shape index (κ2) is 6.10. The first-order valence-electron chi connectivity index (χ1n) is 5.92. The predicted octanol–water partition coefficient (Wildman–Crippen LogP) is 2.91. The summed E-state index contributed by atoms with van der Waals surface area (Å²) in [7, 11) is 0. The van der Waals surface area contributed by atoms with Crippen LogP contribution in [0.15, 0.2) is 24.3 Å². The smallest absolute Gasteiger partial charge is 0.254 e. The number of benzene rings is 1. The molecule has 90 valence electrons. The lowest BCUT2D eigenvalue weighted by Crippen LogP contribution is -2.31. The number of hydrogen-bond donors (Lipinski definition) is 0. The molecule has 0 saturated heterocycles. The van der Waals surface area contributed by atoms with Gasteiger partial charge in [0, 0.05) is 12.1 Å². The van der Waals surface area contributed by atoms with Crippen molar-refractivity contribution in [3.05, 3.63) is 35.4 Å². The van der Waals surface area contributed by atoms with Crippen molar-refractivity contribution in [1.82, 2.24) is 4.90 Å². The summed E-state index contributed by atoms with van der Waals surface area (Å²) in [5, 5.41) is 0. The molecule has 0 aliphatic carbocycles. The third kappa shape index (κ3) is 3.35. The van der Waals surface area contributed by atoms with Gasteiger partial charge in [-0.25, -0.2) is 0 Å².